The van der Waals surface area contributed by atoms with Gasteiger partial charge >= 0.3 is 5.97 Å². The summed E-state index contributed by atoms with van der Waals surface area (Å²) in [5.74, 6) is -0.161. The number of carboxylic acid groups (broad SMARTS) is 1. The Morgan fingerprint density at radius 2 is 1.88 bits per heavy atom. The maximum Gasteiger partial charge on any atom is 0.313 e. The second kappa shape index (κ2) is 7.56. The maximum absolute atomic E-state index is 12.9. The van der Waals surface area contributed by atoms with Crippen LogP contribution in [0.3, 0.4) is 0 Å². The molecule has 1 aromatic rings. The lowest BCUT2D eigenvalue weighted by atomic mass is 9.78. The minimum atomic E-state index is -0.939. The highest BCUT2D eigenvalue weighted by Gasteiger charge is 2.47. The average Bonchev–Trinajstić information content (AvgIpc) is 3.08. The predicted octanol–water partition coefficient (Wildman–Crippen LogP) is 2.91. The largest absolute Gasteiger partial charge is 0.481 e. The number of hydrogen-bond acceptors (Lipinski definition) is 3. The Balaban J connectivity index is 1.57. The van der Waals surface area contributed by atoms with Crippen LogP contribution in [0.2, 0.25) is 0 Å². The van der Waals surface area contributed by atoms with Gasteiger partial charge in [-0.2, -0.15) is 0 Å². The minimum Gasteiger partial charge on any atom is -0.481 e. The van der Waals surface area contributed by atoms with E-state index in [0.29, 0.717) is 18.9 Å². The van der Waals surface area contributed by atoms with Crippen LogP contribution in [0, 0.1) is 11.3 Å². The predicted molar refractivity (Wildman–Crippen MR) is 94.3 cm³/mol. The van der Waals surface area contributed by atoms with Crippen molar-refractivity contribution in [1.29, 1.82) is 0 Å². The van der Waals surface area contributed by atoms with Crippen molar-refractivity contribution in [3.8, 4) is 0 Å². The van der Waals surface area contributed by atoms with Gasteiger partial charge in [-0.05, 0) is 43.6 Å². The van der Waals surface area contributed by atoms with Crippen molar-refractivity contribution in [2.45, 2.75) is 38.0 Å². The van der Waals surface area contributed by atoms with E-state index in [9.17, 15) is 14.7 Å². The summed E-state index contributed by atoms with van der Waals surface area (Å²) in [7, 11) is 1.51. The molecule has 2 aliphatic rings. The molecule has 2 fully saturated rings. The molecular formula is C20H27NO4. The highest BCUT2D eigenvalue weighted by molar-refractivity contribution is 5.82. The maximum atomic E-state index is 12.9. The number of methoxy groups -OCH3 is 1. The minimum absolute atomic E-state index is 0.0344. The second-order valence-electron chi connectivity index (χ2n) is 7.49. The van der Waals surface area contributed by atoms with Crippen LogP contribution in [0.1, 0.15) is 43.6 Å². The van der Waals surface area contributed by atoms with E-state index in [1.165, 1.54) is 12.7 Å². The summed E-state index contributed by atoms with van der Waals surface area (Å²) < 4.78 is 5.11. The number of amides is 1. The fraction of sp³-hybridized carbons (Fsp3) is 0.600. The van der Waals surface area contributed by atoms with Crippen LogP contribution in [0.25, 0.3) is 0 Å². The number of hydrogen-bond donors (Lipinski definition) is 1. The zero-order valence-electron chi connectivity index (χ0n) is 14.8. The summed E-state index contributed by atoms with van der Waals surface area (Å²) in [5, 5.41) is 9.55. The molecule has 1 atom stereocenters. The quantitative estimate of drug-likeness (QED) is 0.891. The zero-order valence-corrected chi connectivity index (χ0v) is 14.8. The van der Waals surface area contributed by atoms with E-state index in [2.05, 4.69) is 24.3 Å². The molecule has 0 radical (unpaired) electrons. The van der Waals surface area contributed by atoms with Crippen LogP contribution < -0.4 is 0 Å². The molecule has 1 saturated heterocycles. The molecule has 1 heterocycles. The number of benzene rings is 1. The molecule has 1 saturated carbocycles. The van der Waals surface area contributed by atoms with Crippen molar-refractivity contribution in [2.75, 3.05) is 26.8 Å². The molecule has 0 spiro atoms. The molecule has 1 unspecified atom stereocenters. The number of carbonyl (C=O) groups is 2. The first-order valence-electron chi connectivity index (χ1n) is 9.12. The van der Waals surface area contributed by atoms with Gasteiger partial charge in [0.15, 0.2) is 0 Å². The van der Waals surface area contributed by atoms with Crippen molar-refractivity contribution in [1.82, 2.24) is 4.90 Å². The number of rotatable bonds is 5. The van der Waals surface area contributed by atoms with E-state index < -0.39 is 11.4 Å². The summed E-state index contributed by atoms with van der Waals surface area (Å²) in [4.78, 5) is 26.2. The van der Waals surface area contributed by atoms with E-state index in [1.54, 1.807) is 4.90 Å². The van der Waals surface area contributed by atoms with Crippen LogP contribution in [-0.2, 0) is 14.3 Å². The van der Waals surface area contributed by atoms with E-state index >= 15 is 0 Å². The number of ether oxygens (including phenoxy) is 1. The topological polar surface area (TPSA) is 66.8 Å². The summed E-state index contributed by atoms with van der Waals surface area (Å²) in [6, 6.07) is 10.5. The first-order chi connectivity index (χ1) is 12.1. The van der Waals surface area contributed by atoms with Gasteiger partial charge < -0.3 is 14.7 Å². The molecule has 5 heteroatoms. The zero-order chi connectivity index (χ0) is 17.9. The number of carbonyl (C=O) groups excluding carboxylic acids is 1. The van der Waals surface area contributed by atoms with E-state index in [1.807, 2.05) is 6.07 Å². The molecule has 1 aliphatic heterocycles. The highest BCUT2D eigenvalue weighted by atomic mass is 16.5. The number of likely N-dealkylation sites (tertiary alicyclic amines) is 1. The van der Waals surface area contributed by atoms with Crippen molar-refractivity contribution >= 4 is 11.9 Å². The molecule has 1 amide bonds. The summed E-state index contributed by atoms with van der Waals surface area (Å²) in [5.41, 5.74) is 0.422. The van der Waals surface area contributed by atoms with Gasteiger partial charge in [0, 0.05) is 26.1 Å². The molecule has 0 aromatic heterocycles. The van der Waals surface area contributed by atoms with Crippen molar-refractivity contribution < 1.29 is 19.4 Å². The lowest BCUT2D eigenvalue weighted by molar-refractivity contribution is -0.152. The van der Waals surface area contributed by atoms with Gasteiger partial charge in [-0.25, -0.2) is 0 Å². The van der Waals surface area contributed by atoms with Gasteiger partial charge in [0.1, 0.15) is 5.41 Å². The molecule has 25 heavy (non-hydrogen) atoms. The Morgan fingerprint density at radius 3 is 2.48 bits per heavy atom. The fourth-order valence-corrected chi connectivity index (χ4v) is 4.35. The van der Waals surface area contributed by atoms with Gasteiger partial charge in [0.05, 0.1) is 6.61 Å². The summed E-state index contributed by atoms with van der Waals surface area (Å²) in [6.45, 7) is 0.952. The number of nitrogens with zero attached hydrogens (tertiary/aromatic N) is 1. The lowest BCUT2D eigenvalue weighted by Gasteiger charge is -2.31. The first-order valence-corrected chi connectivity index (χ1v) is 9.12. The smallest absolute Gasteiger partial charge is 0.313 e. The van der Waals surface area contributed by atoms with Crippen LogP contribution >= 0.6 is 0 Å². The monoisotopic (exact) mass is 345 g/mol. The molecule has 1 aliphatic carbocycles. The molecule has 1 aromatic carbocycles. The second-order valence-corrected chi connectivity index (χ2v) is 7.49. The van der Waals surface area contributed by atoms with Crippen LogP contribution in [0.15, 0.2) is 30.3 Å². The third kappa shape index (κ3) is 3.71. The number of carboxylic acids is 1. The molecule has 3 rings (SSSR count). The summed E-state index contributed by atoms with van der Waals surface area (Å²) >= 11 is 0. The first kappa shape index (κ1) is 17.9. The van der Waals surface area contributed by atoms with Gasteiger partial charge in [-0.15, -0.1) is 0 Å². The molecular weight excluding hydrogens is 318 g/mol. The Hall–Kier alpha value is -1.88. The van der Waals surface area contributed by atoms with Gasteiger partial charge in [-0.3, -0.25) is 9.59 Å². The standard InChI is InChI=1S/C20H27NO4/c1-25-14-20(19(23)24)11-12-21(13-20)18(22)17-9-7-16(8-10-17)15-5-3-2-4-6-15/h2-6,16-17H,7-14H2,1H3,(H,23,24). The van der Waals surface area contributed by atoms with E-state index in [-0.39, 0.29) is 25.0 Å². The Kier molecular flexibility index (Phi) is 5.42. The van der Waals surface area contributed by atoms with E-state index in [4.69, 9.17) is 4.74 Å². The van der Waals surface area contributed by atoms with E-state index in [0.717, 1.165) is 25.7 Å². The van der Waals surface area contributed by atoms with Gasteiger partial charge in [0.2, 0.25) is 5.91 Å². The lowest BCUT2D eigenvalue weighted by Crippen LogP contribution is -2.42. The normalized spacial score (nSPS) is 29.6. The van der Waals surface area contributed by atoms with Gasteiger partial charge in [0.25, 0.3) is 0 Å². The Bertz CT molecular complexity index is 609. The molecule has 136 valence electrons. The van der Waals surface area contributed by atoms with Crippen molar-refractivity contribution in [3.63, 3.8) is 0 Å². The Morgan fingerprint density at radius 1 is 1.20 bits per heavy atom. The highest BCUT2D eigenvalue weighted by Crippen LogP contribution is 2.38. The Labute approximate surface area is 149 Å². The summed E-state index contributed by atoms with van der Waals surface area (Å²) in [6.07, 6.45) is 4.30. The SMILES string of the molecule is COCC1(C(=O)O)CCN(C(=O)C2CCC(c3ccccc3)CC2)C1. The fourth-order valence-electron chi connectivity index (χ4n) is 4.35. The van der Waals surface area contributed by atoms with Crippen LogP contribution in [-0.4, -0.2) is 48.7 Å². The number of aliphatic carboxylic acids is 1. The van der Waals surface area contributed by atoms with Crippen LogP contribution in [0.4, 0.5) is 0 Å². The molecule has 1 N–H and O–H groups in total. The molecule has 5 nitrogen and oxygen atoms in total. The third-order valence-electron chi connectivity index (χ3n) is 5.89. The third-order valence-corrected chi connectivity index (χ3v) is 5.89. The van der Waals surface area contributed by atoms with Crippen LogP contribution in [0.5, 0.6) is 0 Å². The molecule has 0 bridgehead atoms. The van der Waals surface area contributed by atoms with Crippen molar-refractivity contribution in [2.24, 2.45) is 11.3 Å². The van der Waals surface area contributed by atoms with Crippen molar-refractivity contribution in [3.05, 3.63) is 35.9 Å². The van der Waals surface area contributed by atoms with Gasteiger partial charge in [-0.1, -0.05) is 30.3 Å². The average molecular weight is 345 g/mol.